The second-order valence-corrected chi connectivity index (χ2v) is 8.23. The molecular weight excluding hydrogens is 342 g/mol. The van der Waals surface area contributed by atoms with Gasteiger partial charge in [0, 0.05) is 30.6 Å². The number of carbonyl (C=O) groups excluding carboxylic acids is 2. The topological polar surface area (TPSA) is 70.7 Å². The molecule has 2 rings (SSSR count). The number of rotatable bonds is 7. The first-order valence-corrected chi connectivity index (χ1v) is 9.72. The van der Waals surface area contributed by atoms with Gasteiger partial charge in [-0.15, -0.1) is 0 Å². The third kappa shape index (κ3) is 6.86. The second kappa shape index (κ2) is 9.74. The van der Waals surface area contributed by atoms with Crippen molar-refractivity contribution in [3.05, 3.63) is 29.8 Å². The van der Waals surface area contributed by atoms with Crippen LogP contribution in [0.5, 0.6) is 5.75 Å². The Kier molecular flexibility index (Phi) is 7.66. The number of hydrogen-bond acceptors (Lipinski definition) is 4. The van der Waals surface area contributed by atoms with Gasteiger partial charge in [-0.1, -0.05) is 26.8 Å². The summed E-state index contributed by atoms with van der Waals surface area (Å²) in [7, 11) is 1.60. The summed E-state index contributed by atoms with van der Waals surface area (Å²) in [5.41, 5.74) is 0.287. The average molecular weight is 376 g/mol. The molecule has 1 fully saturated rings. The number of methoxy groups -OCH3 is 1. The van der Waals surface area contributed by atoms with Crippen LogP contribution in [0.3, 0.4) is 0 Å². The third-order valence-electron chi connectivity index (χ3n) is 4.99. The molecule has 1 aliphatic heterocycles. The Labute approximate surface area is 162 Å². The van der Waals surface area contributed by atoms with E-state index in [0.717, 1.165) is 32.5 Å². The van der Waals surface area contributed by atoms with E-state index in [1.807, 2.05) is 32.9 Å². The maximum absolute atomic E-state index is 12.3. The van der Waals surface area contributed by atoms with E-state index in [4.69, 9.17) is 4.74 Å². The predicted octanol–water partition coefficient (Wildman–Crippen LogP) is 2.30. The minimum Gasteiger partial charge on any atom is -0.497 e. The number of nitrogens with zero attached hydrogens (tertiary/aromatic N) is 1. The van der Waals surface area contributed by atoms with Crippen molar-refractivity contribution in [3.8, 4) is 5.75 Å². The highest BCUT2D eigenvalue weighted by molar-refractivity contribution is 5.94. The molecule has 0 saturated carbocycles. The van der Waals surface area contributed by atoms with Gasteiger partial charge in [0.2, 0.25) is 5.91 Å². The van der Waals surface area contributed by atoms with Crippen LogP contribution in [0.15, 0.2) is 24.3 Å². The van der Waals surface area contributed by atoms with Crippen molar-refractivity contribution in [2.75, 3.05) is 39.8 Å². The zero-order valence-electron chi connectivity index (χ0n) is 17.0. The molecule has 6 heteroatoms. The summed E-state index contributed by atoms with van der Waals surface area (Å²) in [6.45, 7) is 10.0. The molecule has 0 atom stereocenters. The molecule has 1 aromatic rings. The average Bonchev–Trinajstić information content (AvgIpc) is 2.66. The van der Waals surface area contributed by atoms with Crippen molar-refractivity contribution in [2.45, 2.75) is 33.6 Å². The van der Waals surface area contributed by atoms with Crippen LogP contribution < -0.4 is 15.4 Å². The summed E-state index contributed by atoms with van der Waals surface area (Å²) >= 11 is 0. The molecule has 1 aliphatic rings. The number of hydrogen-bond donors (Lipinski definition) is 2. The van der Waals surface area contributed by atoms with Crippen LogP contribution in [-0.2, 0) is 4.79 Å². The smallest absolute Gasteiger partial charge is 0.251 e. The minimum atomic E-state index is -0.339. The van der Waals surface area contributed by atoms with Gasteiger partial charge in [0.1, 0.15) is 5.75 Å². The Morgan fingerprint density at radius 3 is 2.52 bits per heavy atom. The van der Waals surface area contributed by atoms with Crippen LogP contribution in [0.1, 0.15) is 44.0 Å². The molecule has 0 bridgehead atoms. The number of amides is 2. The third-order valence-corrected chi connectivity index (χ3v) is 4.99. The lowest BCUT2D eigenvalue weighted by Crippen LogP contribution is -2.43. The quantitative estimate of drug-likeness (QED) is 0.767. The van der Waals surface area contributed by atoms with Crippen molar-refractivity contribution in [1.29, 1.82) is 0 Å². The zero-order valence-corrected chi connectivity index (χ0v) is 17.0. The van der Waals surface area contributed by atoms with Crippen LogP contribution >= 0.6 is 0 Å². The predicted molar refractivity (Wildman–Crippen MR) is 107 cm³/mol. The van der Waals surface area contributed by atoms with E-state index in [1.54, 1.807) is 19.2 Å². The monoisotopic (exact) mass is 375 g/mol. The summed E-state index contributed by atoms with van der Waals surface area (Å²) in [4.78, 5) is 26.6. The number of likely N-dealkylation sites (tertiary alicyclic amines) is 1. The van der Waals surface area contributed by atoms with Gasteiger partial charge in [0.25, 0.3) is 5.91 Å². The summed E-state index contributed by atoms with van der Waals surface area (Å²) in [5, 5.41) is 6.04. The molecule has 1 saturated heterocycles. The van der Waals surface area contributed by atoms with E-state index in [2.05, 4.69) is 15.5 Å². The van der Waals surface area contributed by atoms with E-state index in [0.29, 0.717) is 30.3 Å². The Bertz CT molecular complexity index is 632. The van der Waals surface area contributed by atoms with Crippen molar-refractivity contribution in [1.82, 2.24) is 15.5 Å². The lowest BCUT2D eigenvalue weighted by molar-refractivity contribution is -0.128. The molecule has 0 unspecified atom stereocenters. The Hall–Kier alpha value is -2.08. The first-order valence-electron chi connectivity index (χ1n) is 9.72. The number of piperidine rings is 1. The second-order valence-electron chi connectivity index (χ2n) is 8.23. The van der Waals surface area contributed by atoms with Crippen molar-refractivity contribution < 1.29 is 14.3 Å². The molecule has 0 aromatic heterocycles. The van der Waals surface area contributed by atoms with Crippen molar-refractivity contribution in [2.24, 2.45) is 11.3 Å². The first-order chi connectivity index (χ1) is 12.8. The van der Waals surface area contributed by atoms with Gasteiger partial charge in [0.15, 0.2) is 0 Å². The maximum atomic E-state index is 12.3. The standard InChI is InChI=1S/C21H33N3O3/c1-21(2,3)20(26)22-10-13-24-11-8-16(9-12-24)15-23-19(25)17-6-5-7-18(14-17)27-4/h5-7,14,16H,8-13,15H2,1-4H3,(H,22,26)(H,23,25). The largest absolute Gasteiger partial charge is 0.497 e. The van der Waals surface area contributed by atoms with Crippen LogP contribution in [0.4, 0.5) is 0 Å². The normalized spacial score (nSPS) is 16.0. The highest BCUT2D eigenvalue weighted by Gasteiger charge is 2.22. The summed E-state index contributed by atoms with van der Waals surface area (Å²) in [6, 6.07) is 7.21. The molecule has 27 heavy (non-hydrogen) atoms. The SMILES string of the molecule is COc1cccc(C(=O)NCC2CCN(CCNC(=O)C(C)(C)C)CC2)c1. The molecule has 2 amide bonds. The molecule has 6 nitrogen and oxygen atoms in total. The Balaban J connectivity index is 1.66. The minimum absolute atomic E-state index is 0.0544. The lowest BCUT2D eigenvalue weighted by Gasteiger charge is -2.32. The van der Waals surface area contributed by atoms with Gasteiger partial charge in [-0.25, -0.2) is 0 Å². The van der Waals surface area contributed by atoms with E-state index < -0.39 is 0 Å². The van der Waals surface area contributed by atoms with E-state index in [-0.39, 0.29) is 17.2 Å². The van der Waals surface area contributed by atoms with Gasteiger partial charge in [-0.05, 0) is 50.0 Å². The molecule has 1 heterocycles. The van der Waals surface area contributed by atoms with Crippen LogP contribution in [0.2, 0.25) is 0 Å². The molecular formula is C21H33N3O3. The number of ether oxygens (including phenoxy) is 1. The van der Waals surface area contributed by atoms with E-state index >= 15 is 0 Å². The van der Waals surface area contributed by atoms with Gasteiger partial charge in [-0.3, -0.25) is 9.59 Å². The molecule has 0 aliphatic carbocycles. The number of carbonyl (C=O) groups is 2. The Morgan fingerprint density at radius 1 is 1.19 bits per heavy atom. The first kappa shape index (κ1) is 21.2. The molecule has 2 N–H and O–H groups in total. The fourth-order valence-corrected chi connectivity index (χ4v) is 3.11. The van der Waals surface area contributed by atoms with Crippen LogP contribution in [-0.4, -0.2) is 56.5 Å². The van der Waals surface area contributed by atoms with Gasteiger partial charge >= 0.3 is 0 Å². The van der Waals surface area contributed by atoms with Crippen LogP contribution in [0.25, 0.3) is 0 Å². The fourth-order valence-electron chi connectivity index (χ4n) is 3.11. The fraction of sp³-hybridized carbons (Fsp3) is 0.619. The number of nitrogens with one attached hydrogen (secondary N) is 2. The highest BCUT2D eigenvalue weighted by atomic mass is 16.5. The van der Waals surface area contributed by atoms with Gasteiger partial charge in [-0.2, -0.15) is 0 Å². The summed E-state index contributed by atoms with van der Waals surface area (Å²) in [6.07, 6.45) is 2.12. The number of benzene rings is 1. The van der Waals surface area contributed by atoms with Crippen LogP contribution in [0, 0.1) is 11.3 Å². The highest BCUT2D eigenvalue weighted by Crippen LogP contribution is 2.17. The van der Waals surface area contributed by atoms with E-state index in [9.17, 15) is 9.59 Å². The Morgan fingerprint density at radius 2 is 1.89 bits per heavy atom. The van der Waals surface area contributed by atoms with Gasteiger partial charge < -0.3 is 20.3 Å². The van der Waals surface area contributed by atoms with Crippen molar-refractivity contribution >= 4 is 11.8 Å². The zero-order chi connectivity index (χ0) is 19.9. The molecule has 1 aromatic carbocycles. The molecule has 0 radical (unpaired) electrons. The van der Waals surface area contributed by atoms with Gasteiger partial charge in [0.05, 0.1) is 7.11 Å². The summed E-state index contributed by atoms with van der Waals surface area (Å²) < 4.78 is 5.17. The maximum Gasteiger partial charge on any atom is 0.251 e. The lowest BCUT2D eigenvalue weighted by atomic mass is 9.95. The molecule has 150 valence electrons. The summed E-state index contributed by atoms with van der Waals surface area (Å²) in [5.74, 6) is 1.23. The molecule has 0 spiro atoms. The van der Waals surface area contributed by atoms with Crippen molar-refractivity contribution in [3.63, 3.8) is 0 Å². The van der Waals surface area contributed by atoms with E-state index in [1.165, 1.54) is 0 Å².